The Morgan fingerprint density at radius 1 is 1.30 bits per heavy atom. The molecule has 1 atom stereocenters. The molecule has 110 valence electrons. The third kappa shape index (κ3) is 4.99. The van der Waals surface area contributed by atoms with Gasteiger partial charge in [-0.3, -0.25) is 4.79 Å². The van der Waals surface area contributed by atoms with Crippen molar-refractivity contribution < 1.29 is 24.2 Å². The van der Waals surface area contributed by atoms with Gasteiger partial charge in [0.25, 0.3) is 0 Å². The molecule has 1 aromatic carbocycles. The minimum atomic E-state index is -0.817. The fraction of sp³-hybridized carbons (Fsp3) is 0.429. The van der Waals surface area contributed by atoms with Crippen LogP contribution in [0, 0.1) is 0 Å². The van der Waals surface area contributed by atoms with E-state index in [0.29, 0.717) is 6.54 Å². The summed E-state index contributed by atoms with van der Waals surface area (Å²) in [6.45, 7) is 0.355. The Hall–Kier alpha value is -1.92. The number of para-hydroxylation sites is 1. The Bertz CT molecular complexity index is 472. The smallest absolute Gasteiger partial charge is 0.341 e. The fourth-order valence-corrected chi connectivity index (χ4v) is 1.68. The van der Waals surface area contributed by atoms with Crippen LogP contribution in [-0.2, 0) is 9.53 Å². The number of carbonyl (C=O) groups is 2. The summed E-state index contributed by atoms with van der Waals surface area (Å²) in [6.07, 6.45) is -0.962. The van der Waals surface area contributed by atoms with E-state index in [1.807, 2.05) is 0 Å². The topological polar surface area (TPSA) is 76.1 Å². The Balaban J connectivity index is 2.69. The van der Waals surface area contributed by atoms with E-state index in [4.69, 9.17) is 4.74 Å². The number of hydrogen-bond acceptors (Lipinski definition) is 6. The van der Waals surface area contributed by atoms with Crippen LogP contribution < -0.4 is 4.74 Å². The maximum atomic E-state index is 11.7. The largest absolute Gasteiger partial charge is 0.465 e. The number of ether oxygens (including phenoxy) is 2. The van der Waals surface area contributed by atoms with E-state index in [1.165, 1.54) is 19.2 Å². The molecule has 6 nitrogen and oxygen atoms in total. The number of aliphatic hydroxyl groups is 1. The number of aliphatic hydroxyl groups excluding tert-OH is 1. The van der Waals surface area contributed by atoms with Gasteiger partial charge in [0.1, 0.15) is 11.3 Å². The molecule has 0 bridgehead atoms. The summed E-state index contributed by atoms with van der Waals surface area (Å²) in [6, 6.07) is 6.29. The first-order chi connectivity index (χ1) is 9.43. The van der Waals surface area contributed by atoms with Crippen molar-refractivity contribution in [1.29, 1.82) is 0 Å². The maximum Gasteiger partial charge on any atom is 0.341 e. The Labute approximate surface area is 117 Å². The molecule has 0 aliphatic rings. The van der Waals surface area contributed by atoms with Crippen LogP contribution in [0.2, 0.25) is 0 Å². The molecule has 0 saturated heterocycles. The number of methoxy groups -OCH3 is 1. The Kier molecular flexibility index (Phi) is 6.14. The number of hydrogen-bond donors (Lipinski definition) is 1. The first kappa shape index (κ1) is 16.1. The van der Waals surface area contributed by atoms with Crippen LogP contribution in [0.4, 0.5) is 0 Å². The normalized spacial score (nSPS) is 12.1. The average Bonchev–Trinajstić information content (AvgIpc) is 2.37. The van der Waals surface area contributed by atoms with E-state index < -0.39 is 18.0 Å². The number of likely N-dealkylation sites (N-methyl/N-ethyl adjacent to an activating group) is 1. The lowest BCUT2D eigenvalue weighted by Gasteiger charge is -2.15. The van der Waals surface area contributed by atoms with Crippen molar-refractivity contribution in [2.45, 2.75) is 12.5 Å². The molecule has 0 fully saturated rings. The van der Waals surface area contributed by atoms with Gasteiger partial charge in [-0.05, 0) is 26.2 Å². The van der Waals surface area contributed by atoms with Crippen molar-refractivity contribution in [2.24, 2.45) is 0 Å². The second-order valence-electron chi connectivity index (χ2n) is 4.58. The van der Waals surface area contributed by atoms with Gasteiger partial charge in [0, 0.05) is 6.54 Å². The van der Waals surface area contributed by atoms with E-state index in [2.05, 4.69) is 4.74 Å². The summed E-state index contributed by atoms with van der Waals surface area (Å²) in [5.74, 6) is -1.06. The van der Waals surface area contributed by atoms with Gasteiger partial charge in [0.15, 0.2) is 0 Å². The molecule has 1 aromatic rings. The third-order valence-corrected chi connectivity index (χ3v) is 2.49. The van der Waals surface area contributed by atoms with E-state index in [0.717, 1.165) is 0 Å². The third-order valence-electron chi connectivity index (χ3n) is 2.49. The van der Waals surface area contributed by atoms with Crippen LogP contribution in [0.3, 0.4) is 0 Å². The molecule has 0 heterocycles. The molecular weight excluding hydrogens is 262 g/mol. The highest BCUT2D eigenvalue weighted by atomic mass is 16.5. The average molecular weight is 281 g/mol. The molecule has 0 saturated carbocycles. The van der Waals surface area contributed by atoms with Crippen molar-refractivity contribution in [3.05, 3.63) is 29.8 Å². The summed E-state index contributed by atoms with van der Waals surface area (Å²) in [4.78, 5) is 25.0. The molecule has 0 aromatic heterocycles. The highest BCUT2D eigenvalue weighted by Gasteiger charge is 2.18. The minimum Gasteiger partial charge on any atom is -0.465 e. The van der Waals surface area contributed by atoms with Gasteiger partial charge in [-0.2, -0.15) is 0 Å². The molecule has 0 aliphatic carbocycles. The molecule has 1 N–H and O–H groups in total. The summed E-state index contributed by atoms with van der Waals surface area (Å²) >= 11 is 0. The van der Waals surface area contributed by atoms with Crippen molar-refractivity contribution in [2.75, 3.05) is 27.7 Å². The van der Waals surface area contributed by atoms with Crippen LogP contribution in [0.25, 0.3) is 0 Å². The predicted molar refractivity (Wildman–Crippen MR) is 72.6 cm³/mol. The summed E-state index contributed by atoms with van der Waals surface area (Å²) < 4.78 is 9.71. The molecule has 0 aliphatic heterocycles. The lowest BCUT2D eigenvalue weighted by Crippen LogP contribution is -2.29. The summed E-state index contributed by atoms with van der Waals surface area (Å²) in [7, 11) is 4.84. The van der Waals surface area contributed by atoms with Crippen molar-refractivity contribution in [3.8, 4) is 5.75 Å². The fourth-order valence-electron chi connectivity index (χ4n) is 1.68. The van der Waals surface area contributed by atoms with Crippen molar-refractivity contribution in [1.82, 2.24) is 4.90 Å². The van der Waals surface area contributed by atoms with E-state index >= 15 is 0 Å². The molecule has 1 unspecified atom stereocenters. The first-order valence-corrected chi connectivity index (χ1v) is 6.15. The molecule has 1 rings (SSSR count). The zero-order valence-electron chi connectivity index (χ0n) is 11.8. The second-order valence-corrected chi connectivity index (χ2v) is 4.58. The van der Waals surface area contributed by atoms with Gasteiger partial charge >= 0.3 is 11.9 Å². The van der Waals surface area contributed by atoms with Crippen LogP contribution in [0.5, 0.6) is 5.75 Å². The van der Waals surface area contributed by atoms with Gasteiger partial charge < -0.3 is 19.5 Å². The Morgan fingerprint density at radius 2 is 1.95 bits per heavy atom. The quantitative estimate of drug-likeness (QED) is 0.611. The summed E-state index contributed by atoms with van der Waals surface area (Å²) in [5.41, 5.74) is 0.172. The number of esters is 2. The van der Waals surface area contributed by atoms with Crippen LogP contribution >= 0.6 is 0 Å². The first-order valence-electron chi connectivity index (χ1n) is 6.15. The van der Waals surface area contributed by atoms with Gasteiger partial charge in [-0.15, -0.1) is 0 Å². The molecule has 6 heteroatoms. The lowest BCUT2D eigenvalue weighted by atomic mass is 10.2. The lowest BCUT2D eigenvalue weighted by molar-refractivity contribution is -0.136. The molecule has 0 amide bonds. The highest BCUT2D eigenvalue weighted by molar-refractivity contribution is 5.93. The standard InChI is InChI=1S/C14H19NO5/c1-15(2)9-10(16)8-13(17)20-12-7-5-4-6-11(12)14(18)19-3/h4-7,10,16H,8-9H2,1-3H3. The van der Waals surface area contributed by atoms with E-state index in [1.54, 1.807) is 31.1 Å². The van der Waals surface area contributed by atoms with Crippen LogP contribution in [0.1, 0.15) is 16.8 Å². The van der Waals surface area contributed by atoms with Crippen molar-refractivity contribution >= 4 is 11.9 Å². The zero-order valence-corrected chi connectivity index (χ0v) is 11.8. The molecule has 20 heavy (non-hydrogen) atoms. The second kappa shape index (κ2) is 7.62. The molecule has 0 spiro atoms. The molecule has 0 radical (unpaired) electrons. The number of benzene rings is 1. The van der Waals surface area contributed by atoms with Gasteiger partial charge in [0.05, 0.1) is 19.6 Å². The Morgan fingerprint density at radius 3 is 2.55 bits per heavy atom. The SMILES string of the molecule is COC(=O)c1ccccc1OC(=O)CC(O)CN(C)C. The monoisotopic (exact) mass is 281 g/mol. The van der Waals surface area contributed by atoms with Gasteiger partial charge in [0.2, 0.25) is 0 Å². The van der Waals surface area contributed by atoms with Gasteiger partial charge in [-0.1, -0.05) is 12.1 Å². The zero-order chi connectivity index (χ0) is 15.1. The van der Waals surface area contributed by atoms with Crippen LogP contribution in [-0.4, -0.2) is 55.8 Å². The summed E-state index contributed by atoms with van der Waals surface area (Å²) in [5, 5.41) is 9.66. The van der Waals surface area contributed by atoms with Crippen LogP contribution in [0.15, 0.2) is 24.3 Å². The predicted octanol–water partition coefficient (Wildman–Crippen LogP) is 0.691. The number of carbonyl (C=O) groups excluding carboxylic acids is 2. The maximum absolute atomic E-state index is 11.7. The highest BCUT2D eigenvalue weighted by Crippen LogP contribution is 2.19. The minimum absolute atomic E-state index is 0.126. The van der Waals surface area contributed by atoms with Crippen molar-refractivity contribution in [3.63, 3.8) is 0 Å². The molecular formula is C14H19NO5. The van der Waals surface area contributed by atoms with Gasteiger partial charge in [-0.25, -0.2) is 4.79 Å². The van der Waals surface area contributed by atoms with E-state index in [-0.39, 0.29) is 17.7 Å². The van der Waals surface area contributed by atoms with E-state index in [9.17, 15) is 14.7 Å². The number of nitrogens with zero attached hydrogens (tertiary/aromatic N) is 1. The number of rotatable bonds is 6.